The van der Waals surface area contributed by atoms with Crippen molar-refractivity contribution in [3.8, 4) is 11.5 Å². The molecule has 0 aromatic heterocycles. The van der Waals surface area contributed by atoms with E-state index in [9.17, 15) is 9.18 Å². The molecule has 0 radical (unpaired) electrons. The molecule has 190 valence electrons. The fourth-order valence-corrected chi connectivity index (χ4v) is 4.74. The lowest BCUT2D eigenvalue weighted by Crippen LogP contribution is -2.45. The highest BCUT2D eigenvalue weighted by Crippen LogP contribution is 2.23. The number of hydrogen-bond acceptors (Lipinski definition) is 4. The fourth-order valence-electron chi connectivity index (χ4n) is 4.74. The number of amides is 1. The van der Waals surface area contributed by atoms with E-state index >= 15 is 0 Å². The van der Waals surface area contributed by atoms with Crippen molar-refractivity contribution < 1.29 is 13.9 Å². The van der Waals surface area contributed by atoms with Crippen LogP contribution < -0.4 is 15.4 Å². The van der Waals surface area contributed by atoms with E-state index in [2.05, 4.69) is 35.4 Å². The van der Waals surface area contributed by atoms with Crippen LogP contribution in [0.3, 0.4) is 0 Å². The minimum atomic E-state index is -0.225. The third kappa shape index (κ3) is 7.39. The Kier molecular flexibility index (Phi) is 9.09. The largest absolute Gasteiger partial charge is 0.457 e. The zero-order chi connectivity index (χ0) is 25.3. The van der Waals surface area contributed by atoms with Gasteiger partial charge in [-0.05, 0) is 60.2 Å². The van der Waals surface area contributed by atoms with E-state index in [0.29, 0.717) is 31.0 Å². The van der Waals surface area contributed by atoms with Gasteiger partial charge < -0.3 is 15.4 Å². The maximum Gasteiger partial charge on any atom is 0.237 e. The molecule has 2 atom stereocenters. The predicted molar refractivity (Wildman–Crippen MR) is 142 cm³/mol. The first-order valence-corrected chi connectivity index (χ1v) is 12.8. The summed E-state index contributed by atoms with van der Waals surface area (Å²) in [6.45, 7) is 7.16. The number of ether oxygens (including phenoxy) is 1. The number of nitrogens with one attached hydrogen (secondary N) is 2. The van der Waals surface area contributed by atoms with Crippen molar-refractivity contribution in [1.29, 1.82) is 0 Å². The molecule has 0 unspecified atom stereocenters. The molecule has 5 nitrogen and oxygen atoms in total. The molecule has 3 aromatic rings. The second-order valence-electron chi connectivity index (χ2n) is 9.87. The Morgan fingerprint density at radius 1 is 1.03 bits per heavy atom. The van der Waals surface area contributed by atoms with Gasteiger partial charge >= 0.3 is 0 Å². The van der Waals surface area contributed by atoms with Gasteiger partial charge in [-0.25, -0.2) is 4.39 Å². The van der Waals surface area contributed by atoms with Gasteiger partial charge in [0, 0.05) is 32.2 Å². The number of nitrogens with zero attached hydrogens (tertiary/aromatic N) is 1. The Bertz CT molecular complexity index is 1120. The summed E-state index contributed by atoms with van der Waals surface area (Å²) in [7, 11) is 0. The van der Waals surface area contributed by atoms with Crippen molar-refractivity contribution in [1.82, 2.24) is 15.5 Å². The number of hydrogen-bond donors (Lipinski definition) is 2. The van der Waals surface area contributed by atoms with Crippen molar-refractivity contribution in [2.45, 2.75) is 45.3 Å². The molecule has 4 rings (SSSR count). The predicted octanol–water partition coefficient (Wildman–Crippen LogP) is 5.17. The summed E-state index contributed by atoms with van der Waals surface area (Å²) in [5.74, 6) is 1.88. The molecule has 6 heteroatoms. The van der Waals surface area contributed by atoms with E-state index < -0.39 is 0 Å². The topological polar surface area (TPSA) is 53.6 Å². The summed E-state index contributed by atoms with van der Waals surface area (Å²) >= 11 is 0. The van der Waals surface area contributed by atoms with Gasteiger partial charge in [0.05, 0.1) is 6.04 Å². The van der Waals surface area contributed by atoms with Crippen molar-refractivity contribution >= 4 is 5.91 Å². The van der Waals surface area contributed by atoms with Gasteiger partial charge in [0.2, 0.25) is 5.91 Å². The summed E-state index contributed by atoms with van der Waals surface area (Å²) in [5.41, 5.74) is 1.76. The Morgan fingerprint density at radius 3 is 2.56 bits per heavy atom. The molecule has 1 amide bonds. The van der Waals surface area contributed by atoms with Gasteiger partial charge in [-0.1, -0.05) is 62.4 Å². The zero-order valence-electron chi connectivity index (χ0n) is 21.1. The van der Waals surface area contributed by atoms with E-state index in [0.717, 1.165) is 36.6 Å². The highest BCUT2D eigenvalue weighted by molar-refractivity contribution is 5.82. The first-order chi connectivity index (χ1) is 17.5. The lowest BCUT2D eigenvalue weighted by Gasteiger charge is -2.25. The number of carbonyl (C=O) groups excluding carboxylic acids is 1. The summed E-state index contributed by atoms with van der Waals surface area (Å²) in [5, 5.41) is 6.68. The van der Waals surface area contributed by atoms with Crippen LogP contribution >= 0.6 is 0 Å². The molecule has 1 heterocycles. The minimum absolute atomic E-state index is 0.0227. The Morgan fingerprint density at radius 2 is 1.78 bits per heavy atom. The van der Waals surface area contributed by atoms with Crippen LogP contribution in [0.2, 0.25) is 0 Å². The van der Waals surface area contributed by atoms with Crippen LogP contribution in [0.25, 0.3) is 0 Å². The Hall–Kier alpha value is -3.22. The third-order valence-electron chi connectivity index (χ3n) is 6.43. The first-order valence-electron chi connectivity index (χ1n) is 12.8. The fraction of sp³-hybridized carbons (Fsp3) is 0.367. The minimum Gasteiger partial charge on any atom is -0.457 e. The van der Waals surface area contributed by atoms with Crippen molar-refractivity contribution in [2.24, 2.45) is 5.92 Å². The second kappa shape index (κ2) is 12.7. The number of halogens is 1. The lowest BCUT2D eigenvalue weighted by molar-refractivity contribution is -0.125. The van der Waals surface area contributed by atoms with Gasteiger partial charge in [0.1, 0.15) is 17.3 Å². The molecular weight excluding hydrogens is 453 g/mol. The van der Waals surface area contributed by atoms with Crippen LogP contribution in [0.4, 0.5) is 4.39 Å². The SMILES string of the molecule is CC(C)CN1C[C@H](NCc2cccc(Oc3ccccc3)c2)C[C@H]1C(=O)NCCc1ccccc1F. The second-order valence-corrected chi connectivity index (χ2v) is 9.87. The molecule has 1 aliphatic heterocycles. The maximum absolute atomic E-state index is 13.9. The quantitative estimate of drug-likeness (QED) is 0.390. The summed E-state index contributed by atoms with van der Waals surface area (Å²) in [6, 6.07) is 24.6. The van der Waals surface area contributed by atoms with Crippen molar-refractivity contribution in [2.75, 3.05) is 19.6 Å². The van der Waals surface area contributed by atoms with Gasteiger partial charge in [0.25, 0.3) is 0 Å². The molecule has 1 fully saturated rings. The normalized spacial score (nSPS) is 17.9. The average Bonchev–Trinajstić information content (AvgIpc) is 3.27. The number of para-hydroxylation sites is 1. The molecule has 0 bridgehead atoms. The highest BCUT2D eigenvalue weighted by Gasteiger charge is 2.36. The molecule has 0 spiro atoms. The number of rotatable bonds is 11. The average molecular weight is 490 g/mol. The molecule has 1 aliphatic rings. The highest BCUT2D eigenvalue weighted by atomic mass is 19.1. The molecule has 0 aliphatic carbocycles. The summed E-state index contributed by atoms with van der Waals surface area (Å²) in [4.78, 5) is 15.3. The van der Waals surface area contributed by atoms with Crippen LogP contribution in [0.15, 0.2) is 78.9 Å². The molecule has 2 N–H and O–H groups in total. The van der Waals surface area contributed by atoms with E-state index in [1.807, 2.05) is 54.6 Å². The van der Waals surface area contributed by atoms with Crippen molar-refractivity contribution in [3.63, 3.8) is 0 Å². The number of likely N-dealkylation sites (tertiary alicyclic amines) is 1. The third-order valence-corrected chi connectivity index (χ3v) is 6.43. The smallest absolute Gasteiger partial charge is 0.237 e. The molecule has 36 heavy (non-hydrogen) atoms. The van der Waals surface area contributed by atoms with Crippen molar-refractivity contribution in [3.05, 3.63) is 95.8 Å². The van der Waals surface area contributed by atoms with Crippen LogP contribution in [0.5, 0.6) is 11.5 Å². The number of carbonyl (C=O) groups is 1. The number of benzene rings is 3. The Balaban J connectivity index is 1.31. The van der Waals surface area contributed by atoms with E-state index in [4.69, 9.17) is 4.74 Å². The maximum atomic E-state index is 13.9. The molecular formula is C30H36FN3O2. The van der Waals surface area contributed by atoms with Crippen LogP contribution in [0, 0.1) is 11.7 Å². The summed E-state index contributed by atoms with van der Waals surface area (Å²) in [6.07, 6.45) is 1.23. The molecule has 1 saturated heterocycles. The van der Waals surface area contributed by atoms with Crippen LogP contribution in [-0.2, 0) is 17.8 Å². The standard InChI is InChI=1S/C30H36FN3O2/c1-22(2)20-34-21-25(18-29(34)30(35)32-16-15-24-10-6-7-14-28(24)31)33-19-23-9-8-13-27(17-23)36-26-11-4-3-5-12-26/h3-14,17,22,25,29,33H,15-16,18-21H2,1-2H3,(H,32,35)/t25-,29+/m1/s1. The summed E-state index contributed by atoms with van der Waals surface area (Å²) < 4.78 is 19.9. The van der Waals surface area contributed by atoms with Gasteiger partial charge in [-0.3, -0.25) is 9.69 Å². The van der Waals surface area contributed by atoms with Crippen LogP contribution in [-0.4, -0.2) is 42.5 Å². The van der Waals surface area contributed by atoms with Gasteiger partial charge in [0.15, 0.2) is 0 Å². The van der Waals surface area contributed by atoms with Gasteiger partial charge in [-0.15, -0.1) is 0 Å². The van der Waals surface area contributed by atoms with E-state index in [-0.39, 0.29) is 23.8 Å². The van der Waals surface area contributed by atoms with E-state index in [1.54, 1.807) is 12.1 Å². The van der Waals surface area contributed by atoms with Gasteiger partial charge in [-0.2, -0.15) is 0 Å². The van der Waals surface area contributed by atoms with E-state index in [1.165, 1.54) is 6.07 Å². The Labute approximate surface area is 213 Å². The lowest BCUT2D eigenvalue weighted by atomic mass is 10.1. The van der Waals surface area contributed by atoms with Crippen LogP contribution in [0.1, 0.15) is 31.4 Å². The molecule has 3 aromatic carbocycles. The zero-order valence-corrected chi connectivity index (χ0v) is 21.1. The first kappa shape index (κ1) is 25.9. The molecule has 0 saturated carbocycles. The monoisotopic (exact) mass is 489 g/mol.